The highest BCUT2D eigenvalue weighted by molar-refractivity contribution is 5.20. The molecule has 0 aromatic rings. The lowest BCUT2D eigenvalue weighted by molar-refractivity contribution is -0.0573. The van der Waals surface area contributed by atoms with Gasteiger partial charge >= 0.3 is 0 Å². The van der Waals surface area contributed by atoms with Crippen LogP contribution in [-0.2, 0) is 4.74 Å². The molecule has 0 aromatic heterocycles. The number of ether oxygens (including phenoxy) is 1. The molecule has 2 nitrogen and oxygen atoms in total. The zero-order valence-electron chi connectivity index (χ0n) is 13.9. The first-order chi connectivity index (χ1) is 9.99. The van der Waals surface area contributed by atoms with Crippen LogP contribution in [0.15, 0.2) is 23.3 Å². The molecule has 3 rings (SSSR count). The summed E-state index contributed by atoms with van der Waals surface area (Å²) in [4.78, 5) is 0. The number of aliphatic hydroxyl groups excluding tert-OH is 1. The minimum atomic E-state index is -0.309. The summed E-state index contributed by atoms with van der Waals surface area (Å²) in [5, 5.41) is 10.7. The highest BCUT2D eigenvalue weighted by atomic mass is 16.5. The van der Waals surface area contributed by atoms with Crippen molar-refractivity contribution < 1.29 is 9.84 Å². The van der Waals surface area contributed by atoms with Gasteiger partial charge in [-0.1, -0.05) is 37.1 Å². The molecule has 0 spiro atoms. The minimum absolute atomic E-state index is 0.0374. The summed E-state index contributed by atoms with van der Waals surface area (Å²) in [5.74, 6) is 2.30. The van der Waals surface area contributed by atoms with Crippen molar-refractivity contribution in [2.75, 3.05) is 0 Å². The van der Waals surface area contributed by atoms with E-state index < -0.39 is 0 Å². The fourth-order valence-electron chi connectivity index (χ4n) is 4.86. The fraction of sp³-hybridized carbons (Fsp3) is 0.789. The number of hydrogen-bond donors (Lipinski definition) is 1. The fourth-order valence-corrected chi connectivity index (χ4v) is 4.86. The van der Waals surface area contributed by atoms with Gasteiger partial charge < -0.3 is 9.84 Å². The smallest absolute Gasteiger partial charge is 0.0875 e. The Morgan fingerprint density at radius 1 is 1.24 bits per heavy atom. The normalized spacial score (nSPS) is 46.0. The van der Waals surface area contributed by atoms with Crippen LogP contribution < -0.4 is 0 Å². The highest BCUT2D eigenvalue weighted by Crippen LogP contribution is 2.51. The molecule has 2 heteroatoms. The lowest BCUT2D eigenvalue weighted by Crippen LogP contribution is -2.40. The number of fused-ring (bicyclic) bond motifs is 5. The van der Waals surface area contributed by atoms with Gasteiger partial charge in [-0.05, 0) is 51.4 Å². The Morgan fingerprint density at radius 2 is 2.00 bits per heavy atom. The third-order valence-corrected chi connectivity index (χ3v) is 5.97. The van der Waals surface area contributed by atoms with Crippen molar-refractivity contribution in [1.29, 1.82) is 0 Å². The first-order valence-corrected chi connectivity index (χ1v) is 8.65. The molecule has 0 radical (unpaired) electrons. The molecule has 3 aliphatic rings. The Hall–Kier alpha value is -0.600. The molecule has 1 N–H and O–H groups in total. The van der Waals surface area contributed by atoms with Crippen molar-refractivity contribution in [3.8, 4) is 0 Å². The van der Waals surface area contributed by atoms with Gasteiger partial charge in [0.25, 0.3) is 0 Å². The highest BCUT2D eigenvalue weighted by Gasteiger charge is 2.52. The molecule has 2 aliphatic heterocycles. The molecular weight excluding hydrogens is 260 g/mol. The summed E-state index contributed by atoms with van der Waals surface area (Å²) in [6.45, 7) is 9.13. The molecule has 2 bridgehead atoms. The summed E-state index contributed by atoms with van der Waals surface area (Å²) in [6.07, 6.45) is 8.73. The van der Waals surface area contributed by atoms with E-state index in [1.165, 1.54) is 11.1 Å². The van der Waals surface area contributed by atoms with E-state index in [9.17, 15) is 5.11 Å². The van der Waals surface area contributed by atoms with Crippen LogP contribution in [0, 0.1) is 23.7 Å². The number of aliphatic hydroxyl groups is 1. The predicted octanol–water partition coefficient (Wildman–Crippen LogP) is 4.10. The van der Waals surface area contributed by atoms with E-state index in [0.29, 0.717) is 23.7 Å². The summed E-state index contributed by atoms with van der Waals surface area (Å²) in [6, 6.07) is 0. The summed E-state index contributed by atoms with van der Waals surface area (Å²) >= 11 is 0. The van der Waals surface area contributed by atoms with Gasteiger partial charge in [-0.15, -0.1) is 0 Å². The van der Waals surface area contributed by atoms with Crippen LogP contribution in [0.5, 0.6) is 0 Å². The second-order valence-corrected chi connectivity index (χ2v) is 7.73. The monoisotopic (exact) mass is 290 g/mol. The summed E-state index contributed by atoms with van der Waals surface area (Å²) in [7, 11) is 0. The Labute approximate surface area is 129 Å². The summed E-state index contributed by atoms with van der Waals surface area (Å²) < 4.78 is 6.43. The molecule has 6 atom stereocenters. The maximum Gasteiger partial charge on any atom is 0.0875 e. The number of allylic oxidation sites excluding steroid dienone is 2. The van der Waals surface area contributed by atoms with Crippen molar-refractivity contribution in [2.24, 2.45) is 23.7 Å². The second kappa shape index (κ2) is 5.89. The quantitative estimate of drug-likeness (QED) is 0.737. The third-order valence-electron chi connectivity index (χ3n) is 5.97. The van der Waals surface area contributed by atoms with E-state index in [1.807, 2.05) is 0 Å². The van der Waals surface area contributed by atoms with Gasteiger partial charge in [0.15, 0.2) is 0 Å². The van der Waals surface area contributed by atoms with Crippen LogP contribution in [-0.4, -0.2) is 23.4 Å². The number of rotatable bonds is 1. The first-order valence-electron chi connectivity index (χ1n) is 8.65. The van der Waals surface area contributed by atoms with Crippen LogP contribution in [0.25, 0.3) is 0 Å². The molecule has 0 saturated carbocycles. The van der Waals surface area contributed by atoms with E-state index in [-0.39, 0.29) is 18.3 Å². The van der Waals surface area contributed by atoms with Gasteiger partial charge in [0.05, 0.1) is 18.3 Å². The summed E-state index contributed by atoms with van der Waals surface area (Å²) in [5.41, 5.74) is 2.91. The minimum Gasteiger partial charge on any atom is -0.390 e. The van der Waals surface area contributed by atoms with Gasteiger partial charge in [0, 0.05) is 11.8 Å². The van der Waals surface area contributed by atoms with Gasteiger partial charge in [-0.25, -0.2) is 0 Å². The molecule has 0 aromatic carbocycles. The molecule has 21 heavy (non-hydrogen) atoms. The SMILES string of the molecule is CC1=CC[C@H](C(C)C)[C@H]2[C@H]3O[C@H](C/C(C)=C\CC[C@@H]3O)[C@@H]12. The predicted molar refractivity (Wildman–Crippen MR) is 86.0 cm³/mol. The third kappa shape index (κ3) is 2.73. The van der Waals surface area contributed by atoms with E-state index in [0.717, 1.165) is 25.7 Å². The maximum absolute atomic E-state index is 10.7. The van der Waals surface area contributed by atoms with E-state index >= 15 is 0 Å². The van der Waals surface area contributed by atoms with E-state index in [2.05, 4.69) is 39.8 Å². The maximum atomic E-state index is 10.7. The Balaban J connectivity index is 1.98. The first kappa shape index (κ1) is 15.3. The van der Waals surface area contributed by atoms with Crippen molar-refractivity contribution >= 4 is 0 Å². The van der Waals surface area contributed by atoms with Crippen LogP contribution in [0.4, 0.5) is 0 Å². The zero-order valence-corrected chi connectivity index (χ0v) is 13.9. The van der Waals surface area contributed by atoms with Crippen LogP contribution >= 0.6 is 0 Å². The van der Waals surface area contributed by atoms with Crippen molar-refractivity contribution in [3.05, 3.63) is 23.3 Å². The van der Waals surface area contributed by atoms with Gasteiger partial charge in [0.2, 0.25) is 0 Å². The van der Waals surface area contributed by atoms with Crippen molar-refractivity contribution in [1.82, 2.24) is 0 Å². The molecule has 2 heterocycles. The molecule has 0 amide bonds. The van der Waals surface area contributed by atoms with Gasteiger partial charge in [0.1, 0.15) is 0 Å². The molecule has 0 unspecified atom stereocenters. The molecule has 1 saturated heterocycles. The van der Waals surface area contributed by atoms with Crippen molar-refractivity contribution in [3.63, 3.8) is 0 Å². The molecular formula is C19H30O2. The lowest BCUT2D eigenvalue weighted by Gasteiger charge is -2.39. The average molecular weight is 290 g/mol. The number of hydrogen-bond acceptors (Lipinski definition) is 2. The topological polar surface area (TPSA) is 29.5 Å². The van der Waals surface area contributed by atoms with Crippen LogP contribution in [0.1, 0.15) is 53.4 Å². The standard InChI is InChI=1S/C19H30O2/c1-11(2)14-9-8-13(4)17-16-10-12(3)6-5-7-15(20)19(21-16)18(14)17/h6,8,11,14-20H,5,7,9-10H2,1-4H3/b12-6-/t14-,15+,16-,17-,18-,19+/m1/s1. The average Bonchev–Trinajstić information content (AvgIpc) is 2.80. The van der Waals surface area contributed by atoms with Gasteiger partial charge in [-0.2, -0.15) is 0 Å². The van der Waals surface area contributed by atoms with E-state index in [1.54, 1.807) is 0 Å². The van der Waals surface area contributed by atoms with E-state index in [4.69, 9.17) is 4.74 Å². The largest absolute Gasteiger partial charge is 0.390 e. The Bertz CT molecular complexity index is 448. The molecule has 1 fully saturated rings. The lowest BCUT2D eigenvalue weighted by atomic mass is 9.64. The zero-order chi connectivity index (χ0) is 15.1. The Morgan fingerprint density at radius 3 is 2.71 bits per heavy atom. The van der Waals surface area contributed by atoms with Crippen molar-refractivity contribution in [2.45, 2.75) is 71.7 Å². The van der Waals surface area contributed by atoms with Crippen LogP contribution in [0.2, 0.25) is 0 Å². The molecule has 118 valence electrons. The Kier molecular flexibility index (Phi) is 4.29. The van der Waals surface area contributed by atoms with Gasteiger partial charge in [-0.3, -0.25) is 0 Å². The van der Waals surface area contributed by atoms with Crippen LogP contribution in [0.3, 0.4) is 0 Å². The second-order valence-electron chi connectivity index (χ2n) is 7.73. The molecule has 1 aliphatic carbocycles.